The summed E-state index contributed by atoms with van der Waals surface area (Å²) in [5.41, 5.74) is 2.77. The number of benzene rings is 1. The van der Waals surface area contributed by atoms with Gasteiger partial charge in [-0.3, -0.25) is 0 Å². The molecule has 1 fully saturated rings. The summed E-state index contributed by atoms with van der Waals surface area (Å²) < 4.78 is 28.3. The van der Waals surface area contributed by atoms with E-state index in [4.69, 9.17) is 0 Å². The first-order valence-corrected chi connectivity index (χ1v) is 8.90. The smallest absolute Gasteiger partial charge is 0.208 e. The molecule has 0 bridgehead atoms. The van der Waals surface area contributed by atoms with Crippen LogP contribution in [-0.4, -0.2) is 14.5 Å². The summed E-state index contributed by atoms with van der Waals surface area (Å²) in [6, 6.07) is 3.95. The van der Waals surface area contributed by atoms with Gasteiger partial charge in [0, 0.05) is 6.04 Å². The van der Waals surface area contributed by atoms with Gasteiger partial charge in [-0.15, -0.1) is 0 Å². The summed E-state index contributed by atoms with van der Waals surface area (Å²) in [4.78, 5) is 0.459. The van der Waals surface area contributed by atoms with E-state index < -0.39 is 10.0 Å². The van der Waals surface area contributed by atoms with Crippen LogP contribution in [0.15, 0.2) is 17.0 Å². The van der Waals surface area contributed by atoms with Gasteiger partial charge in [0.2, 0.25) is 10.0 Å². The Bertz CT molecular complexity index is 569. The molecular weight excluding hydrogens is 270 g/mol. The van der Waals surface area contributed by atoms with E-state index in [9.17, 15) is 8.42 Å². The van der Waals surface area contributed by atoms with Gasteiger partial charge < -0.3 is 0 Å². The lowest BCUT2D eigenvalue weighted by Crippen LogP contribution is -2.41. The molecule has 0 unspecified atom stereocenters. The number of nitrogens with one attached hydrogen (secondary N) is 1. The fraction of sp³-hybridized carbons (Fsp3) is 0.625. The predicted octanol–water partition coefficient (Wildman–Crippen LogP) is 3.47. The fourth-order valence-electron chi connectivity index (χ4n) is 3.34. The summed E-state index contributed by atoms with van der Waals surface area (Å²) in [6.07, 6.45) is 4.38. The lowest BCUT2D eigenvalue weighted by molar-refractivity contribution is 0.310. The molecule has 1 aliphatic carbocycles. The summed E-state index contributed by atoms with van der Waals surface area (Å²) in [6.45, 7) is 7.88. The lowest BCUT2D eigenvalue weighted by atomic mass is 9.87. The fourth-order valence-corrected chi connectivity index (χ4v) is 5.17. The maximum absolute atomic E-state index is 12.7. The number of aryl methyl sites for hydroxylation is 3. The highest BCUT2D eigenvalue weighted by Crippen LogP contribution is 2.27. The molecule has 3 nitrogen and oxygen atoms in total. The molecule has 1 saturated carbocycles. The first-order chi connectivity index (χ1) is 9.31. The van der Waals surface area contributed by atoms with Gasteiger partial charge in [0.15, 0.2) is 0 Å². The van der Waals surface area contributed by atoms with Gasteiger partial charge >= 0.3 is 0 Å². The molecule has 1 aliphatic rings. The van der Waals surface area contributed by atoms with Crippen molar-refractivity contribution in [1.29, 1.82) is 0 Å². The maximum atomic E-state index is 12.7. The zero-order valence-corrected chi connectivity index (χ0v) is 13.7. The molecule has 20 heavy (non-hydrogen) atoms. The van der Waals surface area contributed by atoms with E-state index in [1.807, 2.05) is 32.9 Å². The molecule has 112 valence electrons. The Balaban J connectivity index is 2.31. The summed E-state index contributed by atoms with van der Waals surface area (Å²) in [5, 5.41) is 0. The van der Waals surface area contributed by atoms with Crippen LogP contribution in [0.1, 0.15) is 49.3 Å². The van der Waals surface area contributed by atoms with Crippen molar-refractivity contribution in [2.45, 2.75) is 64.3 Å². The molecule has 0 amide bonds. The minimum Gasteiger partial charge on any atom is -0.208 e. The van der Waals surface area contributed by atoms with Crippen LogP contribution in [-0.2, 0) is 10.0 Å². The Morgan fingerprint density at radius 1 is 1.05 bits per heavy atom. The third-order valence-electron chi connectivity index (χ3n) is 4.29. The number of rotatable bonds is 3. The van der Waals surface area contributed by atoms with Crippen molar-refractivity contribution in [3.8, 4) is 0 Å². The van der Waals surface area contributed by atoms with E-state index >= 15 is 0 Å². The average Bonchev–Trinajstić information content (AvgIpc) is 2.30. The van der Waals surface area contributed by atoms with Crippen molar-refractivity contribution < 1.29 is 8.42 Å². The third-order valence-corrected chi connectivity index (χ3v) is 6.09. The molecular formula is C16H25NO2S. The highest BCUT2D eigenvalue weighted by atomic mass is 32.2. The van der Waals surface area contributed by atoms with Crippen molar-refractivity contribution in [2.24, 2.45) is 5.92 Å². The van der Waals surface area contributed by atoms with Crippen molar-refractivity contribution >= 4 is 10.0 Å². The van der Waals surface area contributed by atoms with E-state index in [0.29, 0.717) is 10.8 Å². The molecule has 0 aromatic heterocycles. The molecule has 1 N–H and O–H groups in total. The molecule has 1 aromatic carbocycles. The molecule has 0 aliphatic heterocycles. The van der Waals surface area contributed by atoms with Crippen LogP contribution in [0.25, 0.3) is 0 Å². The van der Waals surface area contributed by atoms with Crippen molar-refractivity contribution in [2.75, 3.05) is 0 Å². The third kappa shape index (κ3) is 3.23. The minimum absolute atomic E-state index is 0.0776. The Labute approximate surface area is 122 Å². The topological polar surface area (TPSA) is 46.2 Å². The van der Waals surface area contributed by atoms with Crippen LogP contribution < -0.4 is 4.72 Å². The zero-order valence-electron chi connectivity index (χ0n) is 12.9. The van der Waals surface area contributed by atoms with Gasteiger partial charge in [-0.1, -0.05) is 37.5 Å². The zero-order chi connectivity index (χ0) is 14.9. The predicted molar refractivity (Wildman–Crippen MR) is 82.4 cm³/mol. The molecule has 2 atom stereocenters. The van der Waals surface area contributed by atoms with Crippen LogP contribution in [0.4, 0.5) is 0 Å². The highest BCUT2D eigenvalue weighted by Gasteiger charge is 2.28. The van der Waals surface area contributed by atoms with Gasteiger partial charge in [0.05, 0.1) is 4.90 Å². The van der Waals surface area contributed by atoms with Gasteiger partial charge in [-0.05, 0) is 50.7 Å². The van der Waals surface area contributed by atoms with Crippen molar-refractivity contribution in [1.82, 2.24) is 4.72 Å². The van der Waals surface area contributed by atoms with Crippen LogP contribution in [0.2, 0.25) is 0 Å². The molecule has 0 saturated heterocycles. The Morgan fingerprint density at radius 3 is 2.15 bits per heavy atom. The van der Waals surface area contributed by atoms with Crippen LogP contribution >= 0.6 is 0 Å². The van der Waals surface area contributed by atoms with E-state index in [-0.39, 0.29) is 6.04 Å². The van der Waals surface area contributed by atoms with E-state index in [0.717, 1.165) is 36.0 Å². The molecule has 2 rings (SSSR count). The molecule has 0 heterocycles. The van der Waals surface area contributed by atoms with E-state index in [1.54, 1.807) is 0 Å². The average molecular weight is 295 g/mol. The first-order valence-electron chi connectivity index (χ1n) is 7.41. The first kappa shape index (κ1) is 15.5. The van der Waals surface area contributed by atoms with Crippen molar-refractivity contribution in [3.05, 3.63) is 28.8 Å². The van der Waals surface area contributed by atoms with E-state index in [1.165, 1.54) is 6.42 Å². The molecule has 1 aromatic rings. The monoisotopic (exact) mass is 295 g/mol. The SMILES string of the molecule is Cc1cc(C)c(S(=O)(=O)N[C@@H]2CCCC[C@@H]2C)c(C)c1. The van der Waals surface area contributed by atoms with Crippen LogP contribution in [0.5, 0.6) is 0 Å². The van der Waals surface area contributed by atoms with Gasteiger partial charge in [0.1, 0.15) is 0 Å². The largest absolute Gasteiger partial charge is 0.241 e. The van der Waals surface area contributed by atoms with E-state index in [2.05, 4.69) is 11.6 Å². The quantitative estimate of drug-likeness (QED) is 0.928. The Kier molecular flexibility index (Phi) is 4.55. The van der Waals surface area contributed by atoms with Crippen LogP contribution in [0, 0.1) is 26.7 Å². The van der Waals surface area contributed by atoms with Gasteiger partial charge in [0.25, 0.3) is 0 Å². The second-order valence-corrected chi connectivity index (χ2v) is 7.87. The molecule has 0 spiro atoms. The van der Waals surface area contributed by atoms with Gasteiger partial charge in [-0.25, -0.2) is 13.1 Å². The Hall–Kier alpha value is -0.870. The number of hydrogen-bond acceptors (Lipinski definition) is 2. The van der Waals surface area contributed by atoms with Crippen LogP contribution in [0.3, 0.4) is 0 Å². The van der Waals surface area contributed by atoms with Gasteiger partial charge in [-0.2, -0.15) is 0 Å². The number of hydrogen-bond donors (Lipinski definition) is 1. The molecule has 0 radical (unpaired) electrons. The molecule has 4 heteroatoms. The highest BCUT2D eigenvalue weighted by molar-refractivity contribution is 7.89. The summed E-state index contributed by atoms with van der Waals surface area (Å²) in [7, 11) is -3.42. The normalized spacial score (nSPS) is 23.8. The van der Waals surface area contributed by atoms with Crippen molar-refractivity contribution in [3.63, 3.8) is 0 Å². The Morgan fingerprint density at radius 2 is 1.60 bits per heavy atom. The second-order valence-electron chi connectivity index (χ2n) is 6.22. The summed E-state index contributed by atoms with van der Waals surface area (Å²) >= 11 is 0. The minimum atomic E-state index is -3.42. The second kappa shape index (κ2) is 5.86. The lowest BCUT2D eigenvalue weighted by Gasteiger charge is -2.29. The number of sulfonamides is 1. The maximum Gasteiger partial charge on any atom is 0.241 e. The standard InChI is InChI=1S/C16H25NO2S/c1-11-9-13(3)16(14(4)10-11)20(18,19)17-15-8-6-5-7-12(15)2/h9-10,12,15,17H,5-8H2,1-4H3/t12-,15+/m0/s1. The summed E-state index contributed by atoms with van der Waals surface area (Å²) in [5.74, 6) is 0.421.